The zero-order valence-electron chi connectivity index (χ0n) is 11.4. The molecule has 2 aromatic rings. The molecule has 0 fully saturated rings. The van der Waals surface area contributed by atoms with E-state index in [0.29, 0.717) is 6.04 Å². The van der Waals surface area contributed by atoms with E-state index >= 15 is 0 Å². The number of hydrogen-bond acceptors (Lipinski definition) is 2. The fourth-order valence-electron chi connectivity index (χ4n) is 2.81. The molecule has 1 heterocycles. The maximum atomic E-state index is 4.39. The predicted molar refractivity (Wildman–Crippen MR) is 87.6 cm³/mol. The van der Waals surface area contributed by atoms with Gasteiger partial charge in [0.25, 0.3) is 0 Å². The van der Waals surface area contributed by atoms with Crippen LogP contribution < -0.4 is 5.32 Å². The van der Waals surface area contributed by atoms with E-state index in [1.165, 1.54) is 29.7 Å². The van der Waals surface area contributed by atoms with Crippen molar-refractivity contribution in [1.82, 2.24) is 15.1 Å². The average molecular weight is 399 g/mol. The number of halogens is 2. The van der Waals surface area contributed by atoms with E-state index in [4.69, 9.17) is 0 Å². The van der Waals surface area contributed by atoms with E-state index in [2.05, 4.69) is 60.5 Å². The third kappa shape index (κ3) is 2.85. The van der Waals surface area contributed by atoms with Crippen LogP contribution in [0.15, 0.2) is 33.3 Å². The summed E-state index contributed by atoms with van der Waals surface area (Å²) in [4.78, 5) is 0. The Bertz CT molecular complexity index is 622. The van der Waals surface area contributed by atoms with Crippen LogP contribution in [0.1, 0.15) is 35.7 Å². The molecule has 106 valence electrons. The second-order valence-electron chi connectivity index (χ2n) is 5.24. The Labute approximate surface area is 136 Å². The molecule has 1 aliphatic rings. The molecule has 1 aliphatic carbocycles. The van der Waals surface area contributed by atoms with E-state index < -0.39 is 0 Å². The van der Waals surface area contributed by atoms with E-state index in [-0.39, 0.29) is 0 Å². The quantitative estimate of drug-likeness (QED) is 0.842. The number of benzene rings is 1. The van der Waals surface area contributed by atoms with Gasteiger partial charge in [0.1, 0.15) is 0 Å². The minimum atomic E-state index is 0.426. The third-order valence-corrected chi connectivity index (χ3v) is 5.79. The molecule has 1 aromatic heterocycles. The summed E-state index contributed by atoms with van der Waals surface area (Å²) in [6.45, 7) is 0.880. The highest BCUT2D eigenvalue weighted by molar-refractivity contribution is 9.13. The first kappa shape index (κ1) is 14.3. The van der Waals surface area contributed by atoms with E-state index in [1.807, 2.05) is 17.9 Å². The standard InChI is InChI=1S/C15H17Br2N3/c1-20-15-4-2-3-14(11(15)9-19-20)18-8-10-5-6-12(16)13(17)7-10/h5-7,9,14,18H,2-4,8H2,1H3. The van der Waals surface area contributed by atoms with E-state index in [0.717, 1.165) is 21.9 Å². The summed E-state index contributed by atoms with van der Waals surface area (Å²) >= 11 is 7.06. The predicted octanol–water partition coefficient (Wildman–Crippen LogP) is 4.11. The second-order valence-corrected chi connectivity index (χ2v) is 6.95. The van der Waals surface area contributed by atoms with E-state index in [9.17, 15) is 0 Å². The van der Waals surface area contributed by atoms with Gasteiger partial charge in [-0.25, -0.2) is 0 Å². The number of nitrogens with zero attached hydrogens (tertiary/aromatic N) is 2. The summed E-state index contributed by atoms with van der Waals surface area (Å²) in [6, 6.07) is 6.81. The van der Waals surface area contributed by atoms with Crippen LogP contribution in [0, 0.1) is 0 Å². The van der Waals surface area contributed by atoms with Crippen molar-refractivity contribution in [2.75, 3.05) is 0 Å². The maximum Gasteiger partial charge on any atom is 0.0540 e. The molecule has 0 spiro atoms. The Morgan fingerprint density at radius 3 is 3.00 bits per heavy atom. The van der Waals surface area contributed by atoms with Crippen LogP contribution in [0.2, 0.25) is 0 Å². The zero-order valence-corrected chi connectivity index (χ0v) is 14.5. The first-order valence-corrected chi connectivity index (χ1v) is 8.42. The first-order valence-electron chi connectivity index (χ1n) is 6.83. The van der Waals surface area contributed by atoms with Crippen LogP contribution >= 0.6 is 31.9 Å². The van der Waals surface area contributed by atoms with Crippen molar-refractivity contribution < 1.29 is 0 Å². The normalized spacial score (nSPS) is 18.1. The molecule has 0 saturated heterocycles. The van der Waals surface area contributed by atoms with Crippen LogP contribution in [-0.2, 0) is 20.0 Å². The molecule has 1 aromatic carbocycles. The van der Waals surface area contributed by atoms with Crippen LogP contribution in [0.4, 0.5) is 0 Å². The summed E-state index contributed by atoms with van der Waals surface area (Å²) in [7, 11) is 2.03. The van der Waals surface area contributed by atoms with Gasteiger partial charge in [-0.15, -0.1) is 0 Å². The Balaban J connectivity index is 1.71. The van der Waals surface area contributed by atoms with Crippen molar-refractivity contribution in [3.05, 3.63) is 50.2 Å². The van der Waals surface area contributed by atoms with Crippen molar-refractivity contribution in [1.29, 1.82) is 0 Å². The summed E-state index contributed by atoms with van der Waals surface area (Å²) in [5.41, 5.74) is 4.04. The lowest BCUT2D eigenvalue weighted by molar-refractivity contribution is 0.452. The molecule has 0 saturated carbocycles. The molecule has 5 heteroatoms. The van der Waals surface area contributed by atoms with Crippen molar-refractivity contribution in [3.8, 4) is 0 Å². The van der Waals surface area contributed by atoms with Crippen molar-refractivity contribution in [2.45, 2.75) is 31.8 Å². The Hall–Kier alpha value is -0.650. The molecular weight excluding hydrogens is 382 g/mol. The summed E-state index contributed by atoms with van der Waals surface area (Å²) < 4.78 is 4.20. The number of aryl methyl sites for hydroxylation is 1. The first-order chi connectivity index (χ1) is 9.65. The van der Waals surface area contributed by atoms with Gasteiger partial charge in [0.05, 0.1) is 6.20 Å². The van der Waals surface area contributed by atoms with Crippen molar-refractivity contribution >= 4 is 31.9 Å². The monoisotopic (exact) mass is 397 g/mol. The molecule has 1 N–H and O–H groups in total. The molecule has 20 heavy (non-hydrogen) atoms. The minimum Gasteiger partial charge on any atom is -0.306 e. The van der Waals surface area contributed by atoms with Gasteiger partial charge in [-0.05, 0) is 68.8 Å². The highest BCUT2D eigenvalue weighted by Gasteiger charge is 2.22. The van der Waals surface area contributed by atoms with Crippen LogP contribution in [0.25, 0.3) is 0 Å². The van der Waals surface area contributed by atoms with Gasteiger partial charge in [0.2, 0.25) is 0 Å². The smallest absolute Gasteiger partial charge is 0.0540 e. The number of fused-ring (bicyclic) bond motifs is 1. The zero-order chi connectivity index (χ0) is 14.1. The summed E-state index contributed by atoms with van der Waals surface area (Å²) in [5, 5.41) is 8.06. The van der Waals surface area contributed by atoms with Crippen molar-refractivity contribution in [3.63, 3.8) is 0 Å². The highest BCUT2D eigenvalue weighted by Crippen LogP contribution is 2.30. The molecule has 1 atom stereocenters. The van der Waals surface area contributed by atoms with Gasteiger partial charge in [0, 0.05) is 39.8 Å². The molecule has 0 aliphatic heterocycles. The second kappa shape index (κ2) is 6.00. The number of rotatable bonds is 3. The lowest BCUT2D eigenvalue weighted by atomic mass is 9.93. The number of hydrogen-bond donors (Lipinski definition) is 1. The number of nitrogens with one attached hydrogen (secondary N) is 1. The lowest BCUT2D eigenvalue weighted by Crippen LogP contribution is -2.24. The van der Waals surface area contributed by atoms with Gasteiger partial charge in [-0.3, -0.25) is 4.68 Å². The van der Waals surface area contributed by atoms with Crippen molar-refractivity contribution in [2.24, 2.45) is 7.05 Å². The number of aromatic nitrogens is 2. The van der Waals surface area contributed by atoms with Crippen LogP contribution in [0.5, 0.6) is 0 Å². The SMILES string of the molecule is Cn1ncc2c1CCCC2NCc1ccc(Br)c(Br)c1. The fraction of sp³-hybridized carbons (Fsp3) is 0.400. The fourth-order valence-corrected chi connectivity index (χ4v) is 3.48. The Morgan fingerprint density at radius 2 is 2.20 bits per heavy atom. The van der Waals surface area contributed by atoms with E-state index in [1.54, 1.807) is 0 Å². The van der Waals surface area contributed by atoms with Crippen LogP contribution in [0.3, 0.4) is 0 Å². The molecular formula is C15H17Br2N3. The van der Waals surface area contributed by atoms with Gasteiger partial charge in [0.15, 0.2) is 0 Å². The Morgan fingerprint density at radius 1 is 1.35 bits per heavy atom. The molecule has 0 radical (unpaired) electrons. The topological polar surface area (TPSA) is 29.9 Å². The highest BCUT2D eigenvalue weighted by atomic mass is 79.9. The third-order valence-electron chi connectivity index (χ3n) is 3.91. The maximum absolute atomic E-state index is 4.39. The van der Waals surface area contributed by atoms with Gasteiger partial charge in [-0.2, -0.15) is 5.10 Å². The Kier molecular flexibility index (Phi) is 4.29. The molecule has 3 nitrogen and oxygen atoms in total. The average Bonchev–Trinajstić information content (AvgIpc) is 2.83. The lowest BCUT2D eigenvalue weighted by Gasteiger charge is -2.24. The summed E-state index contributed by atoms with van der Waals surface area (Å²) in [5.74, 6) is 0. The minimum absolute atomic E-state index is 0.426. The largest absolute Gasteiger partial charge is 0.306 e. The van der Waals surface area contributed by atoms with Gasteiger partial charge < -0.3 is 5.32 Å². The summed E-state index contributed by atoms with van der Waals surface area (Å²) in [6.07, 6.45) is 5.59. The molecule has 3 rings (SSSR count). The molecule has 0 bridgehead atoms. The van der Waals surface area contributed by atoms with Crippen LogP contribution in [-0.4, -0.2) is 9.78 Å². The molecule has 0 amide bonds. The van der Waals surface area contributed by atoms with Gasteiger partial charge >= 0.3 is 0 Å². The van der Waals surface area contributed by atoms with Gasteiger partial charge in [-0.1, -0.05) is 6.07 Å². The molecule has 1 unspecified atom stereocenters.